The van der Waals surface area contributed by atoms with Crippen LogP contribution in [0.5, 0.6) is 17.2 Å². The second kappa shape index (κ2) is 6.84. The van der Waals surface area contributed by atoms with Crippen molar-refractivity contribution < 1.29 is 33.3 Å². The van der Waals surface area contributed by atoms with Gasteiger partial charge in [-0.05, 0) is 0 Å². The van der Waals surface area contributed by atoms with Crippen LogP contribution in [0.1, 0.15) is 5.56 Å². The predicted molar refractivity (Wildman–Crippen MR) is 83.7 cm³/mol. The standard InChI is InChI=1S/C16H21NO7/c1-18-8-6-9(19-2)11(10(7-8)20-3)13-12-14(24-17-13)16(22-5)23-15(12)21-4/h6-7,12,14-16H,1-5H3/t12-,14+,15+,16-/m0/s1. The first kappa shape index (κ1) is 16.8. The van der Waals surface area contributed by atoms with E-state index in [1.165, 1.54) is 0 Å². The third-order valence-electron chi connectivity index (χ3n) is 4.21. The number of hydrogen-bond acceptors (Lipinski definition) is 8. The maximum Gasteiger partial charge on any atom is 0.200 e. The van der Waals surface area contributed by atoms with E-state index in [2.05, 4.69) is 5.16 Å². The summed E-state index contributed by atoms with van der Waals surface area (Å²) in [6.45, 7) is 0. The fourth-order valence-electron chi connectivity index (χ4n) is 3.06. The first-order valence-corrected chi connectivity index (χ1v) is 7.43. The minimum Gasteiger partial charge on any atom is -0.496 e. The molecule has 3 rings (SSSR count). The Balaban J connectivity index is 2.06. The van der Waals surface area contributed by atoms with Gasteiger partial charge in [0.25, 0.3) is 0 Å². The van der Waals surface area contributed by atoms with Gasteiger partial charge in [-0.3, -0.25) is 0 Å². The van der Waals surface area contributed by atoms with Gasteiger partial charge in [-0.1, -0.05) is 5.16 Å². The van der Waals surface area contributed by atoms with Crippen LogP contribution >= 0.6 is 0 Å². The largest absolute Gasteiger partial charge is 0.496 e. The highest BCUT2D eigenvalue weighted by molar-refractivity contribution is 6.08. The van der Waals surface area contributed by atoms with Crippen molar-refractivity contribution in [3.63, 3.8) is 0 Å². The maximum absolute atomic E-state index is 5.71. The summed E-state index contributed by atoms with van der Waals surface area (Å²) >= 11 is 0. The van der Waals surface area contributed by atoms with E-state index in [1.807, 2.05) is 0 Å². The Bertz CT molecular complexity index is 608. The Morgan fingerprint density at radius 1 is 0.875 bits per heavy atom. The first-order chi connectivity index (χ1) is 11.7. The van der Waals surface area contributed by atoms with Gasteiger partial charge < -0.3 is 33.3 Å². The Kier molecular flexibility index (Phi) is 4.79. The van der Waals surface area contributed by atoms with Crippen molar-refractivity contribution in [3.8, 4) is 17.2 Å². The van der Waals surface area contributed by atoms with Crippen LogP contribution in [0.15, 0.2) is 17.3 Å². The topological polar surface area (TPSA) is 77.0 Å². The SMILES string of the molecule is COc1cc(OC)c(C2=NO[C@H]3[C@@H](OC)O[C@@H](OC)[C@@H]23)c(OC)c1. The Morgan fingerprint density at radius 2 is 1.50 bits per heavy atom. The molecule has 132 valence electrons. The van der Waals surface area contributed by atoms with Crippen molar-refractivity contribution in [1.82, 2.24) is 0 Å². The zero-order valence-electron chi connectivity index (χ0n) is 14.3. The summed E-state index contributed by atoms with van der Waals surface area (Å²) in [7, 11) is 7.84. The molecular weight excluding hydrogens is 318 g/mol. The number of rotatable bonds is 6. The number of fused-ring (bicyclic) bond motifs is 1. The van der Waals surface area contributed by atoms with E-state index in [1.54, 1.807) is 47.7 Å². The zero-order valence-corrected chi connectivity index (χ0v) is 14.3. The first-order valence-electron chi connectivity index (χ1n) is 7.43. The van der Waals surface area contributed by atoms with Crippen molar-refractivity contribution in [1.29, 1.82) is 0 Å². The summed E-state index contributed by atoms with van der Waals surface area (Å²) < 4.78 is 32.7. The van der Waals surface area contributed by atoms with Gasteiger partial charge in [-0.15, -0.1) is 0 Å². The van der Waals surface area contributed by atoms with Crippen molar-refractivity contribution in [3.05, 3.63) is 17.7 Å². The summed E-state index contributed by atoms with van der Waals surface area (Å²) in [6, 6.07) is 3.53. The molecule has 2 aliphatic rings. The van der Waals surface area contributed by atoms with Gasteiger partial charge in [0.1, 0.15) is 28.9 Å². The molecule has 0 bridgehead atoms. The van der Waals surface area contributed by atoms with Gasteiger partial charge in [0.2, 0.25) is 6.29 Å². The van der Waals surface area contributed by atoms with Gasteiger partial charge in [0.05, 0.1) is 26.9 Å². The molecule has 0 N–H and O–H groups in total. The van der Waals surface area contributed by atoms with E-state index >= 15 is 0 Å². The van der Waals surface area contributed by atoms with Crippen LogP contribution in [0.3, 0.4) is 0 Å². The van der Waals surface area contributed by atoms with Crippen molar-refractivity contribution >= 4 is 5.71 Å². The molecule has 8 heteroatoms. The molecule has 1 saturated heterocycles. The monoisotopic (exact) mass is 339 g/mol. The number of oxime groups is 1. The van der Waals surface area contributed by atoms with Crippen molar-refractivity contribution in [2.45, 2.75) is 18.7 Å². The van der Waals surface area contributed by atoms with Crippen LogP contribution in [0, 0.1) is 5.92 Å². The summed E-state index contributed by atoms with van der Waals surface area (Å²) in [4.78, 5) is 5.55. The van der Waals surface area contributed by atoms with E-state index < -0.39 is 18.7 Å². The van der Waals surface area contributed by atoms with Crippen LogP contribution in [0.4, 0.5) is 0 Å². The van der Waals surface area contributed by atoms with E-state index in [0.717, 1.165) is 0 Å². The second-order valence-corrected chi connectivity index (χ2v) is 5.32. The molecule has 0 radical (unpaired) electrons. The Morgan fingerprint density at radius 3 is 2.00 bits per heavy atom. The lowest BCUT2D eigenvalue weighted by Crippen LogP contribution is -2.32. The van der Waals surface area contributed by atoms with E-state index in [4.69, 9.17) is 33.3 Å². The lowest BCUT2D eigenvalue weighted by Gasteiger charge is -2.19. The number of nitrogens with zero attached hydrogens (tertiary/aromatic N) is 1. The minimum atomic E-state index is -0.559. The number of benzene rings is 1. The fourth-order valence-corrected chi connectivity index (χ4v) is 3.06. The molecular formula is C16H21NO7. The number of methoxy groups -OCH3 is 5. The summed E-state index contributed by atoms with van der Waals surface area (Å²) in [5.74, 6) is 1.47. The van der Waals surface area contributed by atoms with Crippen LogP contribution < -0.4 is 14.2 Å². The van der Waals surface area contributed by atoms with Crippen molar-refractivity contribution in [2.24, 2.45) is 11.1 Å². The van der Waals surface area contributed by atoms with Crippen LogP contribution in [-0.2, 0) is 19.0 Å². The van der Waals surface area contributed by atoms with Gasteiger partial charge >= 0.3 is 0 Å². The third kappa shape index (κ3) is 2.56. The molecule has 1 aromatic carbocycles. The highest BCUT2D eigenvalue weighted by Gasteiger charge is 2.54. The summed E-state index contributed by atoms with van der Waals surface area (Å²) in [5, 5.41) is 4.24. The van der Waals surface area contributed by atoms with Gasteiger partial charge in [0, 0.05) is 26.4 Å². The normalized spacial score (nSPS) is 28.1. The molecule has 0 amide bonds. The average Bonchev–Trinajstić information content (AvgIpc) is 3.20. The lowest BCUT2D eigenvalue weighted by molar-refractivity contribution is -0.206. The highest BCUT2D eigenvalue weighted by Crippen LogP contribution is 2.43. The number of ether oxygens (including phenoxy) is 6. The molecule has 24 heavy (non-hydrogen) atoms. The Hall–Kier alpha value is -2.03. The smallest absolute Gasteiger partial charge is 0.200 e. The van der Waals surface area contributed by atoms with E-state index in [9.17, 15) is 0 Å². The molecule has 1 aromatic rings. The molecule has 0 unspecified atom stereocenters. The second-order valence-electron chi connectivity index (χ2n) is 5.32. The van der Waals surface area contributed by atoms with Crippen LogP contribution in [-0.4, -0.2) is 59.9 Å². The van der Waals surface area contributed by atoms with E-state index in [0.29, 0.717) is 28.5 Å². The molecule has 0 aliphatic carbocycles. The van der Waals surface area contributed by atoms with Gasteiger partial charge in [-0.25, -0.2) is 0 Å². The maximum atomic E-state index is 5.71. The quantitative estimate of drug-likeness (QED) is 0.775. The van der Waals surface area contributed by atoms with Crippen LogP contribution in [0.25, 0.3) is 0 Å². The molecule has 4 atom stereocenters. The Labute approximate surface area is 140 Å². The van der Waals surface area contributed by atoms with Crippen LogP contribution in [0.2, 0.25) is 0 Å². The molecule has 1 fully saturated rings. The predicted octanol–water partition coefficient (Wildman–Crippen LogP) is 1.41. The summed E-state index contributed by atoms with van der Waals surface area (Å²) in [5.41, 5.74) is 1.30. The minimum absolute atomic E-state index is 0.267. The number of hydrogen-bond donors (Lipinski definition) is 0. The van der Waals surface area contributed by atoms with E-state index in [-0.39, 0.29) is 5.92 Å². The molecule has 8 nitrogen and oxygen atoms in total. The molecule has 0 saturated carbocycles. The third-order valence-corrected chi connectivity index (χ3v) is 4.21. The molecule has 2 heterocycles. The fraction of sp³-hybridized carbons (Fsp3) is 0.562. The van der Waals surface area contributed by atoms with Gasteiger partial charge in [0.15, 0.2) is 12.4 Å². The summed E-state index contributed by atoms with van der Waals surface area (Å²) in [6.07, 6.45) is -1.50. The molecule has 0 spiro atoms. The zero-order chi connectivity index (χ0) is 17.3. The lowest BCUT2D eigenvalue weighted by atomic mass is 9.92. The molecule has 0 aromatic heterocycles. The van der Waals surface area contributed by atoms with Crippen molar-refractivity contribution in [2.75, 3.05) is 35.5 Å². The van der Waals surface area contributed by atoms with Gasteiger partial charge in [-0.2, -0.15) is 0 Å². The average molecular weight is 339 g/mol. The molecule has 2 aliphatic heterocycles. The highest BCUT2D eigenvalue weighted by atomic mass is 16.8.